The molecule has 0 saturated heterocycles. The summed E-state index contributed by atoms with van der Waals surface area (Å²) in [6.07, 6.45) is 2.42. The second kappa shape index (κ2) is 13.7. The monoisotopic (exact) mass is 461 g/mol. The number of nitrogens with one attached hydrogen (secondary N) is 1. The Morgan fingerprint density at radius 3 is 2.12 bits per heavy atom. The summed E-state index contributed by atoms with van der Waals surface area (Å²) in [7, 11) is 0. The second-order valence-corrected chi connectivity index (χ2v) is 7.76. The number of hydrogen-bond donors (Lipinski definition) is 1. The topological polar surface area (TPSA) is 73.9 Å². The third-order valence-corrected chi connectivity index (χ3v) is 5.18. The summed E-state index contributed by atoms with van der Waals surface area (Å²) < 4.78 is 15.5. The molecule has 34 heavy (non-hydrogen) atoms. The molecule has 0 aromatic heterocycles. The first-order chi connectivity index (χ1) is 16.6. The number of carbonyl (C=O) groups excluding carboxylic acids is 2. The van der Waals surface area contributed by atoms with E-state index in [1.165, 1.54) is 5.56 Å². The van der Waals surface area contributed by atoms with Gasteiger partial charge in [0.1, 0.15) is 12.4 Å². The van der Waals surface area contributed by atoms with Crippen LogP contribution in [0.3, 0.4) is 0 Å². The SMILES string of the molecule is CCOC(=O)COc1ccc(-c2ccc(CCCCNC(=O)OCc3ccccc3)cc2)cc1. The van der Waals surface area contributed by atoms with Gasteiger partial charge in [0, 0.05) is 6.54 Å². The van der Waals surface area contributed by atoms with E-state index < -0.39 is 0 Å². The Labute approximate surface area is 200 Å². The molecule has 0 heterocycles. The van der Waals surface area contributed by atoms with Gasteiger partial charge in [-0.05, 0) is 60.6 Å². The lowest BCUT2D eigenvalue weighted by atomic mass is 10.0. The molecule has 0 atom stereocenters. The Morgan fingerprint density at radius 1 is 0.765 bits per heavy atom. The largest absolute Gasteiger partial charge is 0.482 e. The molecule has 0 saturated carbocycles. The number of esters is 1. The minimum Gasteiger partial charge on any atom is -0.482 e. The molecule has 6 heteroatoms. The number of benzene rings is 3. The molecule has 6 nitrogen and oxygen atoms in total. The number of amides is 1. The van der Waals surface area contributed by atoms with Gasteiger partial charge in [-0.15, -0.1) is 0 Å². The number of unbranched alkanes of at least 4 members (excludes halogenated alkanes) is 1. The molecule has 0 aliphatic rings. The number of ether oxygens (including phenoxy) is 3. The molecule has 0 aliphatic carbocycles. The highest BCUT2D eigenvalue weighted by atomic mass is 16.6. The van der Waals surface area contributed by atoms with Crippen LogP contribution in [0.15, 0.2) is 78.9 Å². The molecular weight excluding hydrogens is 430 g/mol. The normalized spacial score (nSPS) is 10.4. The van der Waals surface area contributed by atoms with Crippen LogP contribution in [0.2, 0.25) is 0 Å². The lowest BCUT2D eigenvalue weighted by Crippen LogP contribution is -2.25. The number of rotatable bonds is 12. The fraction of sp³-hybridized carbons (Fsp3) is 0.286. The molecule has 0 spiro atoms. The zero-order valence-corrected chi connectivity index (χ0v) is 19.5. The van der Waals surface area contributed by atoms with Crippen LogP contribution in [0.4, 0.5) is 4.79 Å². The smallest absolute Gasteiger partial charge is 0.407 e. The van der Waals surface area contributed by atoms with E-state index in [2.05, 4.69) is 29.6 Å². The maximum Gasteiger partial charge on any atom is 0.407 e. The summed E-state index contributed by atoms with van der Waals surface area (Å²) in [6.45, 7) is 2.89. The van der Waals surface area contributed by atoms with Crippen LogP contribution in [0.25, 0.3) is 11.1 Å². The standard InChI is InChI=1S/C28H31NO5/c1-2-32-27(30)21-33-26-17-15-25(16-18-26)24-13-11-22(12-14-24)8-6-7-19-29-28(31)34-20-23-9-4-3-5-10-23/h3-5,9-18H,2,6-8,19-21H2,1H3,(H,29,31). The lowest BCUT2D eigenvalue weighted by Gasteiger charge is -2.08. The van der Waals surface area contributed by atoms with E-state index in [1.54, 1.807) is 6.92 Å². The van der Waals surface area contributed by atoms with Crippen molar-refractivity contribution in [3.63, 3.8) is 0 Å². The Kier molecular flexibility index (Phi) is 9.99. The lowest BCUT2D eigenvalue weighted by molar-refractivity contribution is -0.145. The van der Waals surface area contributed by atoms with Gasteiger partial charge in [0.15, 0.2) is 6.61 Å². The van der Waals surface area contributed by atoms with Gasteiger partial charge in [0.2, 0.25) is 0 Å². The fourth-order valence-electron chi connectivity index (χ4n) is 3.37. The first-order valence-corrected chi connectivity index (χ1v) is 11.6. The number of hydrogen-bond acceptors (Lipinski definition) is 5. The van der Waals surface area contributed by atoms with Crippen molar-refractivity contribution in [1.29, 1.82) is 0 Å². The molecule has 3 aromatic rings. The van der Waals surface area contributed by atoms with Gasteiger partial charge in [-0.1, -0.05) is 66.7 Å². The summed E-state index contributed by atoms with van der Waals surface area (Å²) in [5.41, 5.74) is 4.42. The Balaban J connectivity index is 1.33. The third kappa shape index (κ3) is 8.62. The maximum absolute atomic E-state index is 11.8. The zero-order valence-electron chi connectivity index (χ0n) is 19.5. The maximum atomic E-state index is 11.8. The Hall–Kier alpha value is -3.80. The van der Waals surface area contributed by atoms with Crippen LogP contribution in [0.5, 0.6) is 5.75 Å². The van der Waals surface area contributed by atoms with Crippen LogP contribution < -0.4 is 10.1 Å². The van der Waals surface area contributed by atoms with Crippen LogP contribution in [-0.4, -0.2) is 31.8 Å². The van der Waals surface area contributed by atoms with Crippen molar-refractivity contribution >= 4 is 12.1 Å². The minimum absolute atomic E-state index is 0.0910. The summed E-state index contributed by atoms with van der Waals surface area (Å²) in [5.74, 6) is 0.256. The molecule has 178 valence electrons. The Morgan fingerprint density at radius 2 is 1.44 bits per heavy atom. The molecule has 3 rings (SSSR count). The van der Waals surface area contributed by atoms with Crippen molar-refractivity contribution in [2.45, 2.75) is 32.8 Å². The molecule has 0 bridgehead atoms. The highest BCUT2D eigenvalue weighted by molar-refractivity contribution is 5.71. The van der Waals surface area contributed by atoms with Gasteiger partial charge in [-0.3, -0.25) is 0 Å². The quantitative estimate of drug-likeness (QED) is 0.283. The fourth-order valence-corrected chi connectivity index (χ4v) is 3.37. The Bertz CT molecular complexity index is 1020. The van der Waals surface area contributed by atoms with Crippen molar-refractivity contribution in [2.24, 2.45) is 0 Å². The summed E-state index contributed by atoms with van der Waals surface area (Å²) in [4.78, 5) is 23.2. The van der Waals surface area contributed by atoms with E-state index in [9.17, 15) is 9.59 Å². The van der Waals surface area contributed by atoms with Gasteiger partial charge >= 0.3 is 12.1 Å². The van der Waals surface area contributed by atoms with Gasteiger partial charge in [0.05, 0.1) is 6.61 Å². The average molecular weight is 462 g/mol. The highest BCUT2D eigenvalue weighted by Gasteiger charge is 2.05. The van der Waals surface area contributed by atoms with E-state index in [0.717, 1.165) is 36.0 Å². The van der Waals surface area contributed by atoms with Gasteiger partial charge in [-0.25, -0.2) is 9.59 Å². The molecule has 0 unspecified atom stereocenters. The average Bonchev–Trinajstić information content (AvgIpc) is 2.87. The molecule has 3 aromatic carbocycles. The molecular formula is C28H31NO5. The molecule has 1 N–H and O–H groups in total. The van der Waals surface area contributed by atoms with E-state index in [0.29, 0.717) is 18.9 Å². The predicted molar refractivity (Wildman–Crippen MR) is 132 cm³/mol. The molecule has 0 aliphatic heterocycles. The number of aryl methyl sites for hydroxylation is 1. The van der Waals surface area contributed by atoms with E-state index in [-0.39, 0.29) is 25.3 Å². The van der Waals surface area contributed by atoms with Crippen LogP contribution in [0, 0.1) is 0 Å². The van der Waals surface area contributed by atoms with Crippen LogP contribution in [-0.2, 0) is 27.3 Å². The molecule has 1 amide bonds. The van der Waals surface area contributed by atoms with E-state index in [4.69, 9.17) is 14.2 Å². The molecule has 0 fully saturated rings. The van der Waals surface area contributed by atoms with Crippen molar-refractivity contribution in [2.75, 3.05) is 19.8 Å². The van der Waals surface area contributed by atoms with E-state index >= 15 is 0 Å². The van der Waals surface area contributed by atoms with Crippen molar-refractivity contribution in [3.05, 3.63) is 90.0 Å². The summed E-state index contributed by atoms with van der Waals surface area (Å²) in [5, 5.41) is 2.80. The van der Waals surface area contributed by atoms with E-state index in [1.807, 2.05) is 54.6 Å². The van der Waals surface area contributed by atoms with Crippen molar-refractivity contribution in [3.8, 4) is 16.9 Å². The first-order valence-electron chi connectivity index (χ1n) is 11.6. The van der Waals surface area contributed by atoms with Crippen LogP contribution >= 0.6 is 0 Å². The zero-order chi connectivity index (χ0) is 24.0. The summed E-state index contributed by atoms with van der Waals surface area (Å²) >= 11 is 0. The summed E-state index contributed by atoms with van der Waals surface area (Å²) in [6, 6.07) is 25.7. The van der Waals surface area contributed by atoms with Crippen molar-refractivity contribution in [1.82, 2.24) is 5.32 Å². The predicted octanol–water partition coefficient (Wildman–Crippen LogP) is 5.54. The third-order valence-electron chi connectivity index (χ3n) is 5.18. The molecule has 0 radical (unpaired) electrons. The van der Waals surface area contributed by atoms with Crippen LogP contribution in [0.1, 0.15) is 30.9 Å². The number of carbonyl (C=O) groups is 2. The first kappa shape index (κ1) is 24.8. The highest BCUT2D eigenvalue weighted by Crippen LogP contribution is 2.23. The van der Waals surface area contributed by atoms with Gasteiger partial charge in [0.25, 0.3) is 0 Å². The van der Waals surface area contributed by atoms with Gasteiger partial charge < -0.3 is 19.5 Å². The second-order valence-electron chi connectivity index (χ2n) is 7.76. The minimum atomic E-state index is -0.384. The number of alkyl carbamates (subject to hydrolysis) is 1. The van der Waals surface area contributed by atoms with Crippen molar-refractivity contribution < 1.29 is 23.8 Å². The van der Waals surface area contributed by atoms with Gasteiger partial charge in [-0.2, -0.15) is 0 Å².